The van der Waals surface area contributed by atoms with Gasteiger partial charge in [-0.3, -0.25) is 4.79 Å². The van der Waals surface area contributed by atoms with Crippen LogP contribution in [0, 0.1) is 18.6 Å². The maximum Gasteiger partial charge on any atom is 0.345 e. The van der Waals surface area contributed by atoms with Crippen molar-refractivity contribution in [3.05, 3.63) is 53.1 Å². The van der Waals surface area contributed by atoms with Crippen molar-refractivity contribution in [2.24, 2.45) is 4.99 Å². The number of aromatic hydroxyl groups is 1. The third-order valence-electron chi connectivity index (χ3n) is 4.35. The molecule has 0 radical (unpaired) electrons. The van der Waals surface area contributed by atoms with Gasteiger partial charge in [-0.05, 0) is 18.6 Å². The summed E-state index contributed by atoms with van der Waals surface area (Å²) in [6.45, 7) is 1.59. The van der Waals surface area contributed by atoms with E-state index in [2.05, 4.69) is 15.6 Å². The average molecular weight is 389 g/mol. The molecule has 0 unspecified atom stereocenters. The smallest absolute Gasteiger partial charge is 0.345 e. The molecule has 0 spiro atoms. The van der Waals surface area contributed by atoms with Gasteiger partial charge >= 0.3 is 6.03 Å². The molecule has 3 N–H and O–H groups in total. The first-order valence-corrected chi connectivity index (χ1v) is 8.30. The number of urea groups is 1. The highest BCUT2D eigenvalue weighted by Gasteiger charge is 2.36. The summed E-state index contributed by atoms with van der Waals surface area (Å²) in [5.41, 5.74) is 0.190. The number of phenolic OH excluding ortho intramolecular Hbond substituents is 1. The van der Waals surface area contributed by atoms with Gasteiger partial charge in [0.1, 0.15) is 28.8 Å². The zero-order valence-electron chi connectivity index (χ0n) is 15.0. The Morgan fingerprint density at radius 3 is 2.57 bits per heavy atom. The van der Waals surface area contributed by atoms with Crippen LogP contribution in [0.1, 0.15) is 17.0 Å². The topological polar surface area (TPSA) is 100 Å². The zero-order valence-corrected chi connectivity index (χ0v) is 15.0. The van der Waals surface area contributed by atoms with Crippen LogP contribution >= 0.6 is 0 Å². The van der Waals surface area contributed by atoms with Crippen LogP contribution in [-0.4, -0.2) is 36.4 Å². The summed E-state index contributed by atoms with van der Waals surface area (Å²) in [6, 6.07) is 5.53. The highest BCUT2D eigenvalue weighted by molar-refractivity contribution is 6.44. The van der Waals surface area contributed by atoms with Crippen molar-refractivity contribution in [1.29, 1.82) is 0 Å². The number of phenols is 1. The molecular formula is C19H17F2N3O4. The van der Waals surface area contributed by atoms with E-state index in [-0.39, 0.29) is 35.0 Å². The Morgan fingerprint density at radius 1 is 1.29 bits per heavy atom. The Kier molecular flexibility index (Phi) is 5.25. The van der Waals surface area contributed by atoms with Gasteiger partial charge in [0, 0.05) is 36.0 Å². The van der Waals surface area contributed by atoms with Gasteiger partial charge in [-0.25, -0.2) is 13.6 Å². The number of hydrogen-bond acceptors (Lipinski definition) is 4. The number of nitrogens with one attached hydrogen (secondary N) is 2. The first-order chi connectivity index (χ1) is 13.3. The normalized spacial score (nSPS) is 17.5. The molecule has 0 saturated carbocycles. The molecule has 2 aromatic carbocycles. The highest BCUT2D eigenvalue weighted by atomic mass is 19.1. The van der Waals surface area contributed by atoms with E-state index in [0.29, 0.717) is 5.56 Å². The molecule has 0 bridgehead atoms. The minimum Gasteiger partial charge on any atom is -0.508 e. The van der Waals surface area contributed by atoms with Crippen LogP contribution in [0.15, 0.2) is 35.3 Å². The molecule has 9 heteroatoms. The maximum atomic E-state index is 14.4. The molecule has 1 fully saturated rings. The lowest BCUT2D eigenvalue weighted by Gasteiger charge is -2.13. The van der Waals surface area contributed by atoms with E-state index in [0.717, 1.165) is 12.1 Å². The van der Waals surface area contributed by atoms with E-state index in [4.69, 9.17) is 4.74 Å². The number of rotatable bonds is 3. The minimum absolute atomic E-state index is 0.00792. The van der Waals surface area contributed by atoms with Crippen molar-refractivity contribution in [1.82, 2.24) is 5.32 Å². The van der Waals surface area contributed by atoms with Crippen molar-refractivity contribution in [2.75, 3.05) is 19.0 Å². The van der Waals surface area contributed by atoms with Gasteiger partial charge in [0.25, 0.3) is 5.91 Å². The van der Waals surface area contributed by atoms with Gasteiger partial charge in [-0.2, -0.15) is 4.99 Å². The highest BCUT2D eigenvalue weighted by Crippen LogP contribution is 2.30. The predicted octanol–water partition coefficient (Wildman–Crippen LogP) is 2.87. The number of ether oxygens (including phenoxy) is 1. The van der Waals surface area contributed by atoms with Gasteiger partial charge in [-0.1, -0.05) is 6.07 Å². The van der Waals surface area contributed by atoms with Crippen molar-refractivity contribution in [3.8, 4) is 11.5 Å². The second kappa shape index (κ2) is 7.63. The lowest BCUT2D eigenvalue weighted by molar-refractivity contribution is -0.113. The monoisotopic (exact) mass is 389 g/mol. The second-order valence-electron chi connectivity index (χ2n) is 6.20. The average Bonchev–Trinajstić information content (AvgIpc) is 2.98. The Morgan fingerprint density at radius 2 is 1.96 bits per heavy atom. The molecule has 1 aliphatic heterocycles. The number of anilines is 1. The van der Waals surface area contributed by atoms with Gasteiger partial charge in [-0.15, -0.1) is 0 Å². The molecule has 1 aliphatic rings. The number of amides is 3. The molecule has 0 aliphatic carbocycles. The van der Waals surface area contributed by atoms with Gasteiger partial charge < -0.3 is 20.5 Å². The van der Waals surface area contributed by atoms with Gasteiger partial charge in [0.05, 0.1) is 13.0 Å². The van der Waals surface area contributed by atoms with Crippen molar-refractivity contribution < 1.29 is 28.2 Å². The molecule has 2 aromatic rings. The van der Waals surface area contributed by atoms with Crippen LogP contribution in [0.4, 0.5) is 19.3 Å². The fraction of sp³-hybridized carbons (Fsp3) is 0.211. The molecule has 28 heavy (non-hydrogen) atoms. The molecule has 3 amide bonds. The predicted molar refractivity (Wildman–Crippen MR) is 98.0 cm³/mol. The fourth-order valence-corrected chi connectivity index (χ4v) is 2.87. The summed E-state index contributed by atoms with van der Waals surface area (Å²) in [6.07, 6.45) is 0. The molecule has 0 aromatic heterocycles. The zero-order chi connectivity index (χ0) is 20.4. The number of halogens is 2. The van der Waals surface area contributed by atoms with E-state index in [9.17, 15) is 23.5 Å². The van der Waals surface area contributed by atoms with Gasteiger partial charge in [0.2, 0.25) is 0 Å². The van der Waals surface area contributed by atoms with E-state index in [1.54, 1.807) is 19.1 Å². The van der Waals surface area contributed by atoms with E-state index in [1.165, 1.54) is 13.2 Å². The van der Waals surface area contributed by atoms with Crippen molar-refractivity contribution >= 4 is 23.3 Å². The number of benzene rings is 2. The second-order valence-corrected chi connectivity index (χ2v) is 6.20. The number of hydrogen-bond donors (Lipinski definition) is 3. The van der Waals surface area contributed by atoms with Crippen LogP contribution in [0.3, 0.4) is 0 Å². The molecular weight excluding hydrogens is 372 g/mol. The lowest BCUT2D eigenvalue weighted by atomic mass is 9.95. The Balaban J connectivity index is 1.90. The number of nitrogens with zero attached hydrogens (tertiary/aromatic N) is 1. The largest absolute Gasteiger partial charge is 0.508 e. The number of methoxy groups -OCH3 is 1. The third-order valence-corrected chi connectivity index (χ3v) is 4.35. The van der Waals surface area contributed by atoms with Crippen LogP contribution in [0.25, 0.3) is 0 Å². The van der Waals surface area contributed by atoms with Crippen LogP contribution < -0.4 is 15.4 Å². The van der Waals surface area contributed by atoms with Crippen LogP contribution in [-0.2, 0) is 4.79 Å². The number of carbonyl (C=O) groups is 2. The van der Waals surface area contributed by atoms with E-state index in [1.807, 2.05) is 0 Å². The van der Waals surface area contributed by atoms with E-state index >= 15 is 0 Å². The van der Waals surface area contributed by atoms with Crippen LogP contribution in [0.2, 0.25) is 0 Å². The quantitative estimate of drug-likeness (QED) is 0.752. The summed E-state index contributed by atoms with van der Waals surface area (Å²) in [5, 5.41) is 14.5. The van der Waals surface area contributed by atoms with E-state index < -0.39 is 29.5 Å². The maximum absolute atomic E-state index is 14.4. The molecule has 1 saturated heterocycles. The van der Waals surface area contributed by atoms with Gasteiger partial charge in [0.15, 0.2) is 0 Å². The molecule has 146 valence electrons. The number of aryl methyl sites for hydroxylation is 1. The summed E-state index contributed by atoms with van der Waals surface area (Å²) in [7, 11) is 1.27. The first-order valence-electron chi connectivity index (χ1n) is 8.30. The number of carbonyl (C=O) groups excluding carboxylic acids is 2. The Bertz CT molecular complexity index is 968. The number of aliphatic imine (C=N–C) groups is 1. The van der Waals surface area contributed by atoms with Crippen LogP contribution in [0.5, 0.6) is 11.5 Å². The lowest BCUT2D eigenvalue weighted by Crippen LogP contribution is -2.22. The summed E-state index contributed by atoms with van der Waals surface area (Å²) in [5.74, 6) is -3.61. The Hall–Kier alpha value is -3.49. The van der Waals surface area contributed by atoms with Crippen molar-refractivity contribution in [3.63, 3.8) is 0 Å². The summed E-state index contributed by atoms with van der Waals surface area (Å²) < 4.78 is 33.6. The Labute approximate surface area is 159 Å². The molecule has 3 rings (SSSR count). The van der Waals surface area contributed by atoms with Crippen molar-refractivity contribution in [2.45, 2.75) is 12.8 Å². The standard InChI is InChI=1S/C19H17F2N3O4/c1-9-3-4-10(5-15(9)25)23-19(27)24-17-12(8-22-18(17)26)16-13(20)6-11(28-2)7-14(16)21/h3-7,12,25H,8H2,1-2H3,(H,22,26)(H,23,27)/t12-/m0/s1. The molecule has 1 atom stereocenters. The third kappa shape index (κ3) is 3.78. The molecule has 7 nitrogen and oxygen atoms in total. The summed E-state index contributed by atoms with van der Waals surface area (Å²) in [4.78, 5) is 27.9. The fourth-order valence-electron chi connectivity index (χ4n) is 2.87. The minimum atomic E-state index is -1.07. The summed E-state index contributed by atoms with van der Waals surface area (Å²) >= 11 is 0. The first kappa shape index (κ1) is 19.3. The molecule has 1 heterocycles. The SMILES string of the molecule is COc1cc(F)c([C@@H]2CNC(=O)C2=NC(=O)Nc2ccc(C)c(O)c2)c(F)c1.